The van der Waals surface area contributed by atoms with Gasteiger partial charge in [0, 0.05) is 24.6 Å². The highest BCUT2D eigenvalue weighted by Gasteiger charge is 2.41. The van der Waals surface area contributed by atoms with Crippen molar-refractivity contribution in [2.45, 2.75) is 66.2 Å². The lowest BCUT2D eigenvalue weighted by Gasteiger charge is -2.41. The molecule has 1 aliphatic rings. The van der Waals surface area contributed by atoms with Gasteiger partial charge in [0.15, 0.2) is 11.6 Å². The molecule has 0 radical (unpaired) electrons. The van der Waals surface area contributed by atoms with Gasteiger partial charge in [0.2, 0.25) is 5.91 Å². The maximum absolute atomic E-state index is 15.0. The summed E-state index contributed by atoms with van der Waals surface area (Å²) in [6, 6.07) is 3.07. The number of carboxylic acids is 1. The predicted octanol–water partition coefficient (Wildman–Crippen LogP) is 5.80. The number of carbonyl (C=O) groups is 2. The SMILES string of the molecule is CC(C)C1=CN(CCC(=O)O)C(=O)C[C@@]1(C)c1cc(F)c(OCCC(C)(C)C)c(Cl)c1. The third-order valence-corrected chi connectivity index (χ3v) is 5.96. The van der Waals surface area contributed by atoms with Crippen molar-refractivity contribution >= 4 is 23.5 Å². The zero-order valence-electron chi connectivity index (χ0n) is 19.2. The Morgan fingerprint density at radius 2 is 2.00 bits per heavy atom. The van der Waals surface area contributed by atoms with Crippen LogP contribution in [0.5, 0.6) is 5.75 Å². The van der Waals surface area contributed by atoms with Crippen molar-refractivity contribution in [1.29, 1.82) is 0 Å². The van der Waals surface area contributed by atoms with E-state index in [2.05, 4.69) is 20.8 Å². The van der Waals surface area contributed by atoms with Gasteiger partial charge in [0.1, 0.15) is 0 Å². The van der Waals surface area contributed by atoms with E-state index in [-0.39, 0.29) is 47.4 Å². The molecule has 0 saturated heterocycles. The number of ether oxygens (including phenoxy) is 1. The van der Waals surface area contributed by atoms with Gasteiger partial charge in [-0.15, -0.1) is 0 Å². The van der Waals surface area contributed by atoms with Crippen LogP contribution < -0.4 is 4.74 Å². The molecule has 1 aromatic rings. The molecule has 31 heavy (non-hydrogen) atoms. The van der Waals surface area contributed by atoms with Crippen molar-refractivity contribution in [2.24, 2.45) is 11.3 Å². The van der Waals surface area contributed by atoms with Crippen LogP contribution in [0, 0.1) is 17.2 Å². The van der Waals surface area contributed by atoms with Gasteiger partial charge in [0.05, 0.1) is 18.1 Å². The van der Waals surface area contributed by atoms with E-state index < -0.39 is 17.2 Å². The molecule has 1 amide bonds. The number of hydrogen-bond donors (Lipinski definition) is 1. The minimum absolute atomic E-state index is 0.0264. The number of allylic oxidation sites excluding steroid dienone is 1. The molecule has 1 heterocycles. The summed E-state index contributed by atoms with van der Waals surface area (Å²) in [5, 5.41) is 9.13. The molecule has 1 aliphatic heterocycles. The van der Waals surface area contributed by atoms with Gasteiger partial charge in [-0.25, -0.2) is 4.39 Å². The van der Waals surface area contributed by atoms with Crippen LogP contribution in [0.15, 0.2) is 23.9 Å². The summed E-state index contributed by atoms with van der Waals surface area (Å²) in [6.45, 7) is 12.6. The smallest absolute Gasteiger partial charge is 0.305 e. The highest BCUT2D eigenvalue weighted by molar-refractivity contribution is 6.32. The number of halogens is 2. The highest BCUT2D eigenvalue weighted by atomic mass is 35.5. The largest absolute Gasteiger partial charge is 0.489 e. The number of amides is 1. The Hall–Kier alpha value is -2.08. The van der Waals surface area contributed by atoms with E-state index in [1.54, 1.807) is 12.3 Å². The van der Waals surface area contributed by atoms with Gasteiger partial charge in [-0.2, -0.15) is 0 Å². The van der Waals surface area contributed by atoms with E-state index in [1.807, 2.05) is 20.8 Å². The van der Waals surface area contributed by atoms with Gasteiger partial charge in [-0.05, 0) is 41.0 Å². The molecule has 0 saturated carbocycles. The molecular weight excluding hydrogens is 421 g/mol. The maximum atomic E-state index is 15.0. The second-order valence-electron chi connectivity index (χ2n) is 9.91. The third kappa shape index (κ3) is 6.22. The molecule has 0 aromatic heterocycles. The Morgan fingerprint density at radius 1 is 1.35 bits per heavy atom. The molecule has 0 unspecified atom stereocenters. The van der Waals surface area contributed by atoms with Gasteiger partial charge >= 0.3 is 5.97 Å². The monoisotopic (exact) mass is 453 g/mol. The minimum Gasteiger partial charge on any atom is -0.489 e. The lowest BCUT2D eigenvalue weighted by molar-refractivity contribution is -0.138. The number of carbonyl (C=O) groups excluding carboxylic acids is 1. The van der Waals surface area contributed by atoms with E-state index in [0.717, 1.165) is 12.0 Å². The average Bonchev–Trinajstić information content (AvgIpc) is 2.61. The molecule has 2 rings (SSSR count). The Kier molecular flexibility index (Phi) is 7.79. The van der Waals surface area contributed by atoms with Crippen molar-refractivity contribution < 1.29 is 23.8 Å². The summed E-state index contributed by atoms with van der Waals surface area (Å²) < 4.78 is 20.6. The van der Waals surface area contributed by atoms with Gasteiger partial charge in [-0.1, -0.05) is 53.1 Å². The minimum atomic E-state index is -0.962. The molecule has 0 fully saturated rings. The van der Waals surface area contributed by atoms with E-state index in [0.29, 0.717) is 12.2 Å². The molecule has 0 spiro atoms. The van der Waals surface area contributed by atoms with E-state index >= 15 is 0 Å². The molecule has 1 aromatic carbocycles. The molecule has 0 bridgehead atoms. The van der Waals surface area contributed by atoms with Crippen LogP contribution in [-0.2, 0) is 15.0 Å². The molecule has 0 aliphatic carbocycles. The molecule has 172 valence electrons. The fourth-order valence-corrected chi connectivity index (χ4v) is 4.09. The molecular formula is C24H33ClFNO4. The topological polar surface area (TPSA) is 66.8 Å². The first kappa shape index (κ1) is 25.2. The standard InChI is InChI=1S/C24H33ClFNO4/c1-15(2)17-14-27(9-7-21(29)30)20(28)13-24(17,6)16-11-18(25)22(19(26)12-16)31-10-8-23(3,4)5/h11-12,14-15H,7-10,13H2,1-6H3,(H,29,30)/t24-/m0/s1. The van der Waals surface area contributed by atoms with E-state index in [1.165, 1.54) is 11.0 Å². The van der Waals surface area contributed by atoms with Crippen LogP contribution >= 0.6 is 11.6 Å². The molecule has 1 atom stereocenters. The quantitative estimate of drug-likeness (QED) is 0.540. The van der Waals surface area contributed by atoms with Crippen molar-refractivity contribution in [3.63, 3.8) is 0 Å². The van der Waals surface area contributed by atoms with Crippen molar-refractivity contribution in [1.82, 2.24) is 4.90 Å². The van der Waals surface area contributed by atoms with Gasteiger partial charge < -0.3 is 14.7 Å². The Labute approximate surface area is 189 Å². The van der Waals surface area contributed by atoms with Crippen LogP contribution in [0.3, 0.4) is 0 Å². The Morgan fingerprint density at radius 3 is 2.52 bits per heavy atom. The first-order valence-electron chi connectivity index (χ1n) is 10.6. The summed E-state index contributed by atoms with van der Waals surface area (Å²) in [7, 11) is 0. The van der Waals surface area contributed by atoms with Crippen LogP contribution in [0.4, 0.5) is 4.39 Å². The zero-order valence-corrected chi connectivity index (χ0v) is 20.0. The fraction of sp³-hybridized carbons (Fsp3) is 0.583. The Bertz CT molecular complexity index is 852. The number of aliphatic carboxylic acids is 1. The number of nitrogens with zero attached hydrogens (tertiary/aromatic N) is 1. The number of benzene rings is 1. The highest BCUT2D eigenvalue weighted by Crippen LogP contribution is 2.45. The second-order valence-corrected chi connectivity index (χ2v) is 10.3. The van der Waals surface area contributed by atoms with Gasteiger partial charge in [0.25, 0.3) is 0 Å². The van der Waals surface area contributed by atoms with Crippen molar-refractivity contribution in [3.8, 4) is 5.75 Å². The van der Waals surface area contributed by atoms with Crippen LogP contribution in [0.1, 0.15) is 66.4 Å². The maximum Gasteiger partial charge on any atom is 0.305 e. The first-order chi connectivity index (χ1) is 14.2. The zero-order chi connectivity index (χ0) is 23.6. The number of rotatable bonds is 8. The van der Waals surface area contributed by atoms with Gasteiger partial charge in [-0.3, -0.25) is 9.59 Å². The Balaban J connectivity index is 2.37. The third-order valence-electron chi connectivity index (χ3n) is 5.68. The summed E-state index contributed by atoms with van der Waals surface area (Å²) >= 11 is 6.40. The lowest BCUT2D eigenvalue weighted by Crippen LogP contribution is -2.42. The normalized spacial score (nSPS) is 19.6. The lowest BCUT2D eigenvalue weighted by atomic mass is 9.68. The van der Waals surface area contributed by atoms with E-state index in [4.69, 9.17) is 21.4 Å². The number of hydrogen-bond acceptors (Lipinski definition) is 3. The summed E-state index contributed by atoms with van der Waals surface area (Å²) in [6.07, 6.45) is 2.45. The first-order valence-corrected chi connectivity index (χ1v) is 11.0. The fourth-order valence-electron chi connectivity index (χ4n) is 3.82. The average molecular weight is 454 g/mol. The number of carboxylic acid groups (broad SMARTS) is 1. The summed E-state index contributed by atoms with van der Waals surface area (Å²) in [5.41, 5.74) is 0.834. The second kappa shape index (κ2) is 9.60. The predicted molar refractivity (Wildman–Crippen MR) is 120 cm³/mol. The van der Waals surface area contributed by atoms with Crippen LogP contribution in [0.2, 0.25) is 5.02 Å². The van der Waals surface area contributed by atoms with Crippen molar-refractivity contribution in [2.75, 3.05) is 13.2 Å². The summed E-state index contributed by atoms with van der Waals surface area (Å²) in [5.74, 6) is -1.62. The van der Waals surface area contributed by atoms with Crippen LogP contribution in [0.25, 0.3) is 0 Å². The molecule has 1 N–H and O–H groups in total. The van der Waals surface area contributed by atoms with Crippen molar-refractivity contribution in [3.05, 3.63) is 40.3 Å². The molecule has 7 heteroatoms. The van der Waals surface area contributed by atoms with Crippen LogP contribution in [-0.4, -0.2) is 35.0 Å². The molecule has 5 nitrogen and oxygen atoms in total. The van der Waals surface area contributed by atoms with E-state index in [9.17, 15) is 14.0 Å². The summed E-state index contributed by atoms with van der Waals surface area (Å²) in [4.78, 5) is 25.1.